The van der Waals surface area contributed by atoms with Crippen molar-refractivity contribution >= 4 is 29.9 Å². The van der Waals surface area contributed by atoms with Crippen LogP contribution in [0.25, 0.3) is 0 Å². The maximum Gasteiger partial charge on any atom is 0.188 e. The summed E-state index contributed by atoms with van der Waals surface area (Å²) in [5.41, 5.74) is 6.12. The second kappa shape index (κ2) is 10.7. The molecule has 2 rings (SSSR count). The molecule has 1 heterocycles. The van der Waals surface area contributed by atoms with Gasteiger partial charge in [-0.15, -0.1) is 24.0 Å². The molecule has 5 heteroatoms. The van der Waals surface area contributed by atoms with Crippen LogP contribution in [0.3, 0.4) is 0 Å². The topological polar surface area (TPSA) is 53.6 Å². The molecule has 0 aromatic carbocycles. The van der Waals surface area contributed by atoms with Gasteiger partial charge in [0.15, 0.2) is 5.96 Å². The fourth-order valence-corrected chi connectivity index (χ4v) is 3.69. The third-order valence-corrected chi connectivity index (χ3v) is 5.04. The molecule has 1 saturated heterocycles. The number of nitrogens with zero attached hydrogens (tertiary/aromatic N) is 2. The number of hydrogen-bond acceptors (Lipinski definition) is 2. The first-order valence-corrected chi connectivity index (χ1v) is 8.97. The van der Waals surface area contributed by atoms with Crippen LogP contribution in [0.15, 0.2) is 4.99 Å². The average molecular weight is 422 g/mol. The minimum Gasteiger partial charge on any atom is -0.370 e. The highest BCUT2D eigenvalue weighted by Crippen LogP contribution is 2.19. The quantitative estimate of drug-likeness (QED) is 0.309. The van der Waals surface area contributed by atoms with E-state index in [1.165, 1.54) is 64.5 Å². The van der Waals surface area contributed by atoms with Crippen LogP contribution in [0.5, 0.6) is 0 Å². The van der Waals surface area contributed by atoms with Crippen LogP contribution in [0.1, 0.15) is 65.2 Å². The first-order valence-electron chi connectivity index (χ1n) is 8.97. The lowest BCUT2D eigenvalue weighted by atomic mass is 10.0. The highest BCUT2D eigenvalue weighted by molar-refractivity contribution is 14.0. The maximum absolute atomic E-state index is 6.12. The van der Waals surface area contributed by atoms with E-state index in [9.17, 15) is 0 Å². The molecule has 0 spiro atoms. The largest absolute Gasteiger partial charge is 0.370 e. The molecule has 2 fully saturated rings. The lowest BCUT2D eigenvalue weighted by Gasteiger charge is -2.29. The van der Waals surface area contributed by atoms with Gasteiger partial charge >= 0.3 is 0 Å². The third kappa shape index (κ3) is 6.60. The molecule has 1 aliphatic heterocycles. The van der Waals surface area contributed by atoms with Gasteiger partial charge < -0.3 is 11.1 Å². The molecule has 1 aliphatic carbocycles. The molecule has 0 aromatic heterocycles. The van der Waals surface area contributed by atoms with Crippen molar-refractivity contribution in [1.29, 1.82) is 0 Å². The fraction of sp³-hybridized carbons (Fsp3) is 0.941. The van der Waals surface area contributed by atoms with Gasteiger partial charge in [-0.1, -0.05) is 39.5 Å². The highest BCUT2D eigenvalue weighted by Gasteiger charge is 2.24. The van der Waals surface area contributed by atoms with Gasteiger partial charge in [-0.3, -0.25) is 9.89 Å². The summed E-state index contributed by atoms with van der Waals surface area (Å²) in [5, 5.41) is 3.45. The van der Waals surface area contributed by atoms with Gasteiger partial charge in [0, 0.05) is 12.1 Å². The van der Waals surface area contributed by atoms with E-state index in [4.69, 9.17) is 5.73 Å². The summed E-state index contributed by atoms with van der Waals surface area (Å²) in [6.07, 6.45) is 10.6. The molecule has 0 amide bonds. The summed E-state index contributed by atoms with van der Waals surface area (Å²) in [5.74, 6) is 1.30. The van der Waals surface area contributed by atoms with Crippen LogP contribution in [0, 0.1) is 5.92 Å². The monoisotopic (exact) mass is 422 g/mol. The van der Waals surface area contributed by atoms with E-state index < -0.39 is 0 Å². The number of rotatable bonds is 5. The van der Waals surface area contributed by atoms with Gasteiger partial charge in [-0.2, -0.15) is 0 Å². The van der Waals surface area contributed by atoms with Gasteiger partial charge in [-0.05, 0) is 44.7 Å². The molecule has 4 nitrogen and oxygen atoms in total. The first kappa shape index (κ1) is 20.0. The number of nitrogens with one attached hydrogen (secondary N) is 1. The van der Waals surface area contributed by atoms with Crippen molar-refractivity contribution < 1.29 is 0 Å². The Balaban J connectivity index is 0.00000242. The van der Waals surface area contributed by atoms with Crippen LogP contribution in [-0.4, -0.2) is 42.6 Å². The van der Waals surface area contributed by atoms with Crippen LogP contribution >= 0.6 is 24.0 Å². The van der Waals surface area contributed by atoms with Crippen molar-refractivity contribution in [3.8, 4) is 0 Å². The minimum absolute atomic E-state index is 0. The summed E-state index contributed by atoms with van der Waals surface area (Å²) in [4.78, 5) is 7.25. The fourth-order valence-electron chi connectivity index (χ4n) is 3.69. The number of hydrogen-bond donors (Lipinski definition) is 2. The maximum atomic E-state index is 6.12. The Hall–Kier alpha value is -0.0400. The van der Waals surface area contributed by atoms with Gasteiger partial charge in [0.25, 0.3) is 0 Å². The molecule has 22 heavy (non-hydrogen) atoms. The number of aliphatic imine (C=N–C) groups is 1. The summed E-state index contributed by atoms with van der Waals surface area (Å²) in [6.45, 7) is 7.90. The zero-order chi connectivity index (χ0) is 15.1. The van der Waals surface area contributed by atoms with Gasteiger partial charge in [-0.25, -0.2) is 0 Å². The van der Waals surface area contributed by atoms with E-state index in [-0.39, 0.29) is 24.0 Å². The van der Waals surface area contributed by atoms with Crippen LogP contribution in [-0.2, 0) is 0 Å². The zero-order valence-electron chi connectivity index (χ0n) is 14.4. The molecule has 1 atom stereocenters. The standard InChI is InChI=1S/C17H34N4.HI/c1-14(2)16(21-11-7-8-12-21)13-19-17(18)20-15-9-5-3-4-6-10-15;/h14-16H,3-13H2,1-2H3,(H3,18,19,20);1H. The predicted molar refractivity (Wildman–Crippen MR) is 106 cm³/mol. The molecule has 1 unspecified atom stereocenters. The molecule has 0 radical (unpaired) electrons. The number of guanidine groups is 1. The van der Waals surface area contributed by atoms with E-state index in [1.54, 1.807) is 0 Å². The van der Waals surface area contributed by atoms with Crippen molar-refractivity contribution in [3.05, 3.63) is 0 Å². The molecule has 0 bridgehead atoms. The van der Waals surface area contributed by atoms with Gasteiger partial charge in [0.1, 0.15) is 0 Å². The van der Waals surface area contributed by atoms with Gasteiger partial charge in [0.2, 0.25) is 0 Å². The van der Waals surface area contributed by atoms with Crippen molar-refractivity contribution in [2.24, 2.45) is 16.6 Å². The highest BCUT2D eigenvalue weighted by atomic mass is 127. The summed E-state index contributed by atoms with van der Waals surface area (Å²) in [6, 6.07) is 1.09. The number of likely N-dealkylation sites (tertiary alicyclic amines) is 1. The minimum atomic E-state index is 0. The van der Waals surface area contributed by atoms with E-state index in [2.05, 4.69) is 29.1 Å². The first-order chi connectivity index (χ1) is 10.2. The van der Waals surface area contributed by atoms with Crippen molar-refractivity contribution in [3.63, 3.8) is 0 Å². The Bertz CT molecular complexity index is 319. The van der Waals surface area contributed by atoms with Crippen LogP contribution in [0.4, 0.5) is 0 Å². The SMILES string of the molecule is CC(C)C(CN=C(N)NC1CCCCCC1)N1CCCC1.I. The van der Waals surface area contributed by atoms with Crippen molar-refractivity contribution in [2.45, 2.75) is 77.3 Å². The van der Waals surface area contributed by atoms with Gasteiger partial charge in [0.05, 0.1) is 6.54 Å². The molecule has 2 aliphatic rings. The molecule has 0 aromatic rings. The number of halogens is 1. The second-order valence-corrected chi connectivity index (χ2v) is 7.11. The zero-order valence-corrected chi connectivity index (χ0v) is 16.7. The Morgan fingerprint density at radius 3 is 2.23 bits per heavy atom. The smallest absolute Gasteiger partial charge is 0.188 e. The third-order valence-electron chi connectivity index (χ3n) is 5.04. The predicted octanol–water partition coefficient (Wildman–Crippen LogP) is 3.35. The van der Waals surface area contributed by atoms with Crippen molar-refractivity contribution in [1.82, 2.24) is 10.2 Å². The average Bonchev–Trinajstić information content (AvgIpc) is 2.84. The Labute approximate surface area is 153 Å². The summed E-state index contributed by atoms with van der Waals surface area (Å²) in [7, 11) is 0. The molecular formula is C17H35IN4. The van der Waals surface area contributed by atoms with E-state index in [1.807, 2.05) is 0 Å². The lowest BCUT2D eigenvalue weighted by Crippen LogP contribution is -2.43. The van der Waals surface area contributed by atoms with Crippen LogP contribution in [0.2, 0.25) is 0 Å². The number of nitrogens with two attached hydrogens (primary N) is 1. The molecule has 3 N–H and O–H groups in total. The van der Waals surface area contributed by atoms with Crippen LogP contribution < -0.4 is 11.1 Å². The Kier molecular flexibility index (Phi) is 9.71. The molecule has 130 valence electrons. The Morgan fingerprint density at radius 2 is 1.68 bits per heavy atom. The normalized spacial score (nSPS) is 23.1. The molecule has 1 saturated carbocycles. The Morgan fingerprint density at radius 1 is 1.09 bits per heavy atom. The van der Waals surface area contributed by atoms with Crippen molar-refractivity contribution in [2.75, 3.05) is 19.6 Å². The summed E-state index contributed by atoms with van der Waals surface area (Å²) >= 11 is 0. The van der Waals surface area contributed by atoms with E-state index in [0.717, 1.165) is 6.54 Å². The van der Waals surface area contributed by atoms with E-state index in [0.29, 0.717) is 24.0 Å². The van der Waals surface area contributed by atoms with E-state index >= 15 is 0 Å². The second-order valence-electron chi connectivity index (χ2n) is 7.11. The lowest BCUT2D eigenvalue weighted by molar-refractivity contribution is 0.197. The molecular weight excluding hydrogens is 387 g/mol. The summed E-state index contributed by atoms with van der Waals surface area (Å²) < 4.78 is 0.